The van der Waals surface area contributed by atoms with E-state index < -0.39 is 5.97 Å². The van der Waals surface area contributed by atoms with Crippen LogP contribution in [0.2, 0.25) is 0 Å². The van der Waals surface area contributed by atoms with Gasteiger partial charge in [0.25, 0.3) is 0 Å². The van der Waals surface area contributed by atoms with Crippen LogP contribution in [-0.2, 0) is 4.74 Å². The molecular formula is C18H16N6O3. The van der Waals surface area contributed by atoms with Gasteiger partial charge in [0.1, 0.15) is 11.9 Å². The minimum atomic E-state index is -0.556. The Labute approximate surface area is 155 Å². The van der Waals surface area contributed by atoms with Crippen molar-refractivity contribution in [2.45, 2.75) is 12.5 Å². The Balaban J connectivity index is 1.67. The molecule has 4 rings (SSSR count). The summed E-state index contributed by atoms with van der Waals surface area (Å²) >= 11 is 0. The number of carbonyl (C=O) groups excluding carboxylic acids is 2. The summed E-state index contributed by atoms with van der Waals surface area (Å²) in [6.45, 7) is 1.52. The third-order valence-electron chi connectivity index (χ3n) is 4.69. The standard InChI is InChI=1S/C18H16N6O3/c1-27-17(25)13-3-4-14-16(21-13)24(12-6-7-23(14)10-12)18(26)22-15-5-2-11(8-19)9-20-15/h2-5,9,12H,6-7,10H2,1H3,(H,20,22,26). The fourth-order valence-electron chi connectivity index (χ4n) is 3.39. The monoisotopic (exact) mass is 364 g/mol. The third kappa shape index (κ3) is 2.91. The van der Waals surface area contributed by atoms with Crippen molar-refractivity contribution >= 4 is 29.3 Å². The molecule has 0 saturated carbocycles. The van der Waals surface area contributed by atoms with E-state index in [2.05, 4.69) is 20.2 Å². The molecule has 2 amide bonds. The van der Waals surface area contributed by atoms with Crippen molar-refractivity contribution in [3.63, 3.8) is 0 Å². The second-order valence-electron chi connectivity index (χ2n) is 6.26. The first kappa shape index (κ1) is 16.8. The Kier molecular flexibility index (Phi) is 4.08. The molecule has 1 saturated heterocycles. The molecule has 2 aromatic heterocycles. The largest absolute Gasteiger partial charge is 0.464 e. The number of aromatic nitrogens is 2. The number of carbonyl (C=O) groups is 2. The molecule has 2 aliphatic heterocycles. The third-order valence-corrected chi connectivity index (χ3v) is 4.69. The fourth-order valence-corrected chi connectivity index (χ4v) is 3.39. The second-order valence-corrected chi connectivity index (χ2v) is 6.26. The predicted octanol–water partition coefficient (Wildman–Crippen LogP) is 1.77. The number of pyridine rings is 2. The van der Waals surface area contributed by atoms with E-state index >= 15 is 0 Å². The second kappa shape index (κ2) is 6.57. The summed E-state index contributed by atoms with van der Waals surface area (Å²) in [4.78, 5) is 37.0. The summed E-state index contributed by atoms with van der Waals surface area (Å²) in [5, 5.41) is 11.6. The first-order chi connectivity index (χ1) is 13.1. The number of fused-ring (bicyclic) bond motifs is 4. The van der Waals surface area contributed by atoms with E-state index in [1.165, 1.54) is 13.3 Å². The van der Waals surface area contributed by atoms with Crippen molar-refractivity contribution < 1.29 is 14.3 Å². The smallest absolute Gasteiger partial charge is 0.356 e. The van der Waals surface area contributed by atoms with Crippen LogP contribution >= 0.6 is 0 Å². The molecule has 9 heteroatoms. The Hall–Kier alpha value is -3.67. The molecule has 0 spiro atoms. The van der Waals surface area contributed by atoms with E-state index in [0.29, 0.717) is 23.7 Å². The number of methoxy groups -OCH3 is 1. The van der Waals surface area contributed by atoms with E-state index in [4.69, 9.17) is 10.00 Å². The number of nitrogens with one attached hydrogen (secondary N) is 1. The molecule has 2 bridgehead atoms. The van der Waals surface area contributed by atoms with Crippen molar-refractivity contribution in [2.24, 2.45) is 0 Å². The number of nitrogens with zero attached hydrogens (tertiary/aromatic N) is 5. The Morgan fingerprint density at radius 3 is 2.89 bits per heavy atom. The first-order valence-corrected chi connectivity index (χ1v) is 8.41. The van der Waals surface area contributed by atoms with Crippen LogP contribution in [0.15, 0.2) is 30.5 Å². The SMILES string of the molecule is COC(=O)c1ccc2c(n1)N(C(=O)Nc1ccc(C#N)cn1)C1CCN2C1. The molecule has 1 unspecified atom stereocenters. The van der Waals surface area contributed by atoms with E-state index in [1.807, 2.05) is 6.07 Å². The van der Waals surface area contributed by atoms with Crippen LogP contribution in [0.3, 0.4) is 0 Å². The zero-order chi connectivity index (χ0) is 19.0. The average molecular weight is 364 g/mol. The number of nitriles is 1. The van der Waals surface area contributed by atoms with Gasteiger partial charge in [-0.1, -0.05) is 0 Å². The summed E-state index contributed by atoms with van der Waals surface area (Å²) < 4.78 is 4.74. The summed E-state index contributed by atoms with van der Waals surface area (Å²) in [6.07, 6.45) is 2.20. The maximum absolute atomic E-state index is 13.0. The number of esters is 1. The van der Waals surface area contributed by atoms with Gasteiger partial charge in [-0.05, 0) is 30.7 Å². The molecule has 9 nitrogen and oxygen atoms in total. The molecule has 0 aromatic carbocycles. The molecule has 0 aliphatic carbocycles. The molecular weight excluding hydrogens is 348 g/mol. The highest BCUT2D eigenvalue weighted by molar-refractivity contribution is 6.04. The molecule has 2 aliphatic rings. The van der Waals surface area contributed by atoms with Crippen LogP contribution in [0.1, 0.15) is 22.5 Å². The van der Waals surface area contributed by atoms with Crippen molar-refractivity contribution in [1.29, 1.82) is 5.26 Å². The van der Waals surface area contributed by atoms with Gasteiger partial charge in [0.2, 0.25) is 0 Å². The van der Waals surface area contributed by atoms with Gasteiger partial charge in [-0.2, -0.15) is 5.26 Å². The van der Waals surface area contributed by atoms with Crippen LogP contribution in [0.5, 0.6) is 0 Å². The minimum Gasteiger partial charge on any atom is -0.464 e. The van der Waals surface area contributed by atoms with Gasteiger partial charge >= 0.3 is 12.0 Å². The number of hydrogen-bond donors (Lipinski definition) is 1. The van der Waals surface area contributed by atoms with Crippen molar-refractivity contribution in [2.75, 3.05) is 35.3 Å². The lowest BCUT2D eigenvalue weighted by atomic mass is 10.2. The Morgan fingerprint density at radius 1 is 1.33 bits per heavy atom. The molecule has 1 fully saturated rings. The van der Waals surface area contributed by atoms with Crippen LogP contribution < -0.4 is 15.1 Å². The van der Waals surface area contributed by atoms with Gasteiger partial charge < -0.3 is 9.64 Å². The number of urea groups is 1. The number of hydrogen-bond acceptors (Lipinski definition) is 7. The van der Waals surface area contributed by atoms with Gasteiger partial charge in [-0.25, -0.2) is 19.6 Å². The summed E-state index contributed by atoms with van der Waals surface area (Å²) in [7, 11) is 1.29. The van der Waals surface area contributed by atoms with Crippen molar-refractivity contribution in [3.8, 4) is 6.07 Å². The summed E-state index contributed by atoms with van der Waals surface area (Å²) in [5.41, 5.74) is 1.36. The van der Waals surface area contributed by atoms with Gasteiger partial charge in [-0.3, -0.25) is 10.2 Å². The number of amides is 2. The average Bonchev–Trinajstić information content (AvgIpc) is 3.12. The predicted molar refractivity (Wildman–Crippen MR) is 96.6 cm³/mol. The van der Waals surface area contributed by atoms with Crippen LogP contribution in [-0.4, -0.2) is 48.2 Å². The Bertz CT molecular complexity index is 953. The van der Waals surface area contributed by atoms with Crippen LogP contribution in [0.25, 0.3) is 0 Å². The summed E-state index contributed by atoms with van der Waals surface area (Å²) in [6, 6.07) is 8.10. The highest BCUT2D eigenvalue weighted by Crippen LogP contribution is 2.39. The lowest BCUT2D eigenvalue weighted by Crippen LogP contribution is -2.48. The van der Waals surface area contributed by atoms with Gasteiger partial charge in [0.05, 0.1) is 24.4 Å². The lowest BCUT2D eigenvalue weighted by Gasteiger charge is -2.35. The van der Waals surface area contributed by atoms with Gasteiger partial charge in [0.15, 0.2) is 11.5 Å². The van der Waals surface area contributed by atoms with Crippen LogP contribution in [0, 0.1) is 11.3 Å². The molecule has 4 heterocycles. The van der Waals surface area contributed by atoms with Crippen molar-refractivity contribution in [1.82, 2.24) is 9.97 Å². The molecule has 1 N–H and O–H groups in total. The van der Waals surface area contributed by atoms with Gasteiger partial charge in [0, 0.05) is 19.3 Å². The highest BCUT2D eigenvalue weighted by Gasteiger charge is 2.40. The highest BCUT2D eigenvalue weighted by atomic mass is 16.5. The minimum absolute atomic E-state index is 0.0451. The maximum atomic E-state index is 13.0. The number of rotatable bonds is 2. The van der Waals surface area contributed by atoms with Crippen LogP contribution in [0.4, 0.5) is 22.1 Å². The molecule has 1 atom stereocenters. The first-order valence-electron chi connectivity index (χ1n) is 8.41. The van der Waals surface area contributed by atoms with Gasteiger partial charge in [-0.15, -0.1) is 0 Å². The number of ether oxygens (including phenoxy) is 1. The zero-order valence-electron chi connectivity index (χ0n) is 14.5. The van der Waals surface area contributed by atoms with E-state index in [9.17, 15) is 9.59 Å². The molecule has 0 radical (unpaired) electrons. The summed E-state index contributed by atoms with van der Waals surface area (Å²) in [5.74, 6) is 0.211. The van der Waals surface area contributed by atoms with E-state index in [1.54, 1.807) is 29.2 Å². The molecule has 27 heavy (non-hydrogen) atoms. The lowest BCUT2D eigenvalue weighted by molar-refractivity contribution is 0.0594. The topological polar surface area (TPSA) is 111 Å². The normalized spacial score (nSPS) is 17.1. The molecule has 136 valence electrons. The zero-order valence-corrected chi connectivity index (χ0v) is 14.5. The van der Waals surface area contributed by atoms with Crippen molar-refractivity contribution in [3.05, 3.63) is 41.7 Å². The quantitative estimate of drug-likeness (QED) is 0.808. The Morgan fingerprint density at radius 2 is 2.19 bits per heavy atom. The van der Waals surface area contributed by atoms with E-state index in [-0.39, 0.29) is 17.8 Å². The molecule has 2 aromatic rings. The van der Waals surface area contributed by atoms with E-state index in [0.717, 1.165) is 18.7 Å². The maximum Gasteiger partial charge on any atom is 0.356 e. The fraction of sp³-hybridized carbons (Fsp3) is 0.278. The number of anilines is 3.